The van der Waals surface area contributed by atoms with E-state index in [0.29, 0.717) is 44.5 Å². The van der Waals surface area contributed by atoms with Gasteiger partial charge in [0.15, 0.2) is 0 Å². The van der Waals surface area contributed by atoms with Gasteiger partial charge in [-0.2, -0.15) is 4.72 Å². The van der Waals surface area contributed by atoms with E-state index in [-0.39, 0.29) is 42.2 Å². The van der Waals surface area contributed by atoms with E-state index in [1.807, 2.05) is 20.8 Å². The second-order valence-electron chi connectivity index (χ2n) is 12.0. The molecule has 1 aliphatic heterocycles. The van der Waals surface area contributed by atoms with Crippen LogP contribution in [0, 0.1) is 5.92 Å². The maximum Gasteiger partial charge on any atom is 0.325 e. The van der Waals surface area contributed by atoms with Crippen LogP contribution >= 0.6 is 0 Å². The SMILES string of the molecule is COc1ccc(S(=O)(=O)NC(CCC(=O)N2CCC(NCC(=O)OC(C)(C)C)CC2)(C(=O)O)C2CCCCC2)cc1. The Morgan fingerprint density at radius 2 is 1.61 bits per heavy atom. The van der Waals surface area contributed by atoms with Gasteiger partial charge in [0, 0.05) is 25.6 Å². The van der Waals surface area contributed by atoms with Crippen molar-refractivity contribution in [3.05, 3.63) is 24.3 Å². The first-order valence-electron chi connectivity index (χ1n) is 14.4. The van der Waals surface area contributed by atoms with E-state index in [4.69, 9.17) is 9.47 Å². The van der Waals surface area contributed by atoms with Crippen LogP contribution in [0.5, 0.6) is 5.75 Å². The lowest BCUT2D eigenvalue weighted by atomic mass is 9.73. The number of hydrogen-bond acceptors (Lipinski definition) is 8. The number of carboxylic acid groups (broad SMARTS) is 1. The average molecular weight is 596 g/mol. The zero-order valence-electron chi connectivity index (χ0n) is 24.6. The van der Waals surface area contributed by atoms with Crippen molar-refractivity contribution in [2.24, 2.45) is 5.92 Å². The molecule has 2 aliphatic rings. The van der Waals surface area contributed by atoms with Crippen LogP contribution in [0.1, 0.15) is 78.6 Å². The van der Waals surface area contributed by atoms with Crippen molar-refractivity contribution in [3.63, 3.8) is 0 Å². The van der Waals surface area contributed by atoms with Crippen LogP contribution in [-0.2, 0) is 29.1 Å². The predicted octanol–water partition coefficient (Wildman–Crippen LogP) is 3.08. The molecule has 3 rings (SSSR count). The Kier molecular flexibility index (Phi) is 11.2. The molecule has 41 heavy (non-hydrogen) atoms. The number of piperidine rings is 1. The molecule has 3 N–H and O–H groups in total. The lowest BCUT2D eigenvalue weighted by Crippen LogP contribution is -2.60. The number of ether oxygens (including phenoxy) is 2. The van der Waals surface area contributed by atoms with Gasteiger partial charge in [-0.05, 0) is 83.1 Å². The molecule has 1 aromatic rings. The van der Waals surface area contributed by atoms with Crippen LogP contribution < -0.4 is 14.8 Å². The van der Waals surface area contributed by atoms with Crippen LogP contribution in [-0.4, -0.2) is 80.2 Å². The quantitative estimate of drug-likeness (QED) is 0.310. The summed E-state index contributed by atoms with van der Waals surface area (Å²) in [5.74, 6) is -1.76. The number of carbonyl (C=O) groups is 3. The molecular formula is C29H45N3O8S. The average Bonchev–Trinajstić information content (AvgIpc) is 2.93. The Hall–Kier alpha value is -2.70. The first-order chi connectivity index (χ1) is 19.3. The largest absolute Gasteiger partial charge is 0.497 e. The first-order valence-corrected chi connectivity index (χ1v) is 15.9. The van der Waals surface area contributed by atoms with Crippen molar-refractivity contribution in [1.82, 2.24) is 14.9 Å². The Morgan fingerprint density at radius 3 is 2.15 bits per heavy atom. The number of nitrogens with zero attached hydrogens (tertiary/aromatic N) is 1. The number of methoxy groups -OCH3 is 1. The Balaban J connectivity index is 1.66. The minimum Gasteiger partial charge on any atom is -0.497 e. The van der Waals surface area contributed by atoms with Crippen LogP contribution in [0.3, 0.4) is 0 Å². The molecule has 0 spiro atoms. The molecule has 0 bridgehead atoms. The lowest BCUT2D eigenvalue weighted by Gasteiger charge is -2.40. The van der Waals surface area contributed by atoms with Crippen LogP contribution in [0.25, 0.3) is 0 Å². The number of nitrogens with one attached hydrogen (secondary N) is 2. The maximum atomic E-state index is 13.4. The highest BCUT2D eigenvalue weighted by molar-refractivity contribution is 7.89. The van der Waals surface area contributed by atoms with Gasteiger partial charge in [-0.3, -0.25) is 14.4 Å². The summed E-state index contributed by atoms with van der Waals surface area (Å²) >= 11 is 0. The van der Waals surface area contributed by atoms with Crippen LogP contribution in [0.15, 0.2) is 29.2 Å². The number of rotatable bonds is 12. The molecule has 1 aliphatic carbocycles. The van der Waals surface area contributed by atoms with Gasteiger partial charge in [-0.15, -0.1) is 0 Å². The normalized spacial score (nSPS) is 18.9. The molecule has 1 aromatic carbocycles. The number of sulfonamides is 1. The first kappa shape index (κ1) is 32.8. The number of hydrogen-bond donors (Lipinski definition) is 3. The number of likely N-dealkylation sites (tertiary alicyclic amines) is 1. The van der Waals surface area contributed by atoms with E-state index in [0.717, 1.165) is 19.3 Å². The van der Waals surface area contributed by atoms with Gasteiger partial charge >= 0.3 is 11.9 Å². The summed E-state index contributed by atoms with van der Waals surface area (Å²) in [6, 6.07) is 5.82. The van der Waals surface area contributed by atoms with E-state index in [2.05, 4.69) is 10.0 Å². The molecule has 230 valence electrons. The van der Waals surface area contributed by atoms with E-state index < -0.39 is 33.1 Å². The molecule has 1 unspecified atom stereocenters. The number of benzene rings is 1. The molecular weight excluding hydrogens is 550 g/mol. The molecule has 1 saturated heterocycles. The zero-order valence-corrected chi connectivity index (χ0v) is 25.4. The second-order valence-corrected chi connectivity index (χ2v) is 13.7. The molecule has 0 aromatic heterocycles. The molecule has 1 heterocycles. The minimum absolute atomic E-state index is 0.0585. The molecule has 11 nitrogen and oxygen atoms in total. The van der Waals surface area contributed by atoms with Gasteiger partial charge in [-0.25, -0.2) is 8.42 Å². The number of carboxylic acids is 1. The molecule has 2 fully saturated rings. The van der Waals surface area contributed by atoms with Crippen molar-refractivity contribution in [2.45, 2.75) is 101 Å². The van der Waals surface area contributed by atoms with Crippen LogP contribution in [0.2, 0.25) is 0 Å². The summed E-state index contributed by atoms with van der Waals surface area (Å²) < 4.78 is 39.8. The highest BCUT2D eigenvalue weighted by Gasteiger charge is 2.49. The number of carbonyl (C=O) groups excluding carboxylic acids is 2. The van der Waals surface area contributed by atoms with Crippen molar-refractivity contribution >= 4 is 27.9 Å². The fraction of sp³-hybridized carbons (Fsp3) is 0.690. The third-order valence-corrected chi connectivity index (χ3v) is 9.43. The van der Waals surface area contributed by atoms with Gasteiger partial charge in [0.25, 0.3) is 0 Å². The molecule has 1 atom stereocenters. The maximum absolute atomic E-state index is 13.4. The molecule has 1 amide bonds. The van der Waals surface area contributed by atoms with Gasteiger partial charge in [0.2, 0.25) is 15.9 Å². The highest BCUT2D eigenvalue weighted by Crippen LogP contribution is 2.37. The summed E-state index contributed by atoms with van der Waals surface area (Å²) in [4.78, 5) is 39.7. The third-order valence-electron chi connectivity index (χ3n) is 7.91. The summed E-state index contributed by atoms with van der Waals surface area (Å²) in [5.41, 5.74) is -2.36. The molecule has 12 heteroatoms. The lowest BCUT2D eigenvalue weighted by molar-refractivity contribution is -0.154. The predicted molar refractivity (Wildman–Crippen MR) is 153 cm³/mol. The minimum atomic E-state index is -4.20. The van der Waals surface area contributed by atoms with E-state index in [9.17, 15) is 27.9 Å². The summed E-state index contributed by atoms with van der Waals surface area (Å²) in [5, 5.41) is 13.7. The smallest absolute Gasteiger partial charge is 0.325 e. The Morgan fingerprint density at radius 1 is 1.00 bits per heavy atom. The van der Waals surface area contributed by atoms with E-state index in [1.54, 1.807) is 4.90 Å². The summed E-state index contributed by atoms with van der Waals surface area (Å²) in [6.45, 7) is 6.45. The highest BCUT2D eigenvalue weighted by atomic mass is 32.2. The fourth-order valence-electron chi connectivity index (χ4n) is 5.71. The standard InChI is InChI=1S/C29H45N3O8S/c1-28(2,3)40-26(34)20-30-22-15-18-32(19-16-22)25(33)14-17-29(27(35)36,21-8-6-5-7-9-21)31-41(37,38)24-12-10-23(39-4)11-13-24/h10-13,21-22,30-31H,5-9,14-20H2,1-4H3,(H,35,36). The number of esters is 1. The number of aliphatic carboxylic acids is 1. The fourth-order valence-corrected chi connectivity index (χ4v) is 7.16. The zero-order chi connectivity index (χ0) is 30.3. The van der Waals surface area contributed by atoms with Crippen molar-refractivity contribution in [3.8, 4) is 5.75 Å². The third kappa shape index (κ3) is 9.14. The van der Waals surface area contributed by atoms with Crippen molar-refractivity contribution < 1.29 is 37.4 Å². The topological polar surface area (TPSA) is 151 Å². The van der Waals surface area contributed by atoms with Gasteiger partial charge in [-0.1, -0.05) is 19.3 Å². The van der Waals surface area contributed by atoms with Gasteiger partial charge in [0.1, 0.15) is 16.9 Å². The van der Waals surface area contributed by atoms with E-state index in [1.165, 1.54) is 31.4 Å². The van der Waals surface area contributed by atoms with Crippen molar-refractivity contribution in [2.75, 3.05) is 26.7 Å². The summed E-state index contributed by atoms with van der Waals surface area (Å²) in [7, 11) is -2.73. The Labute approximate surface area is 243 Å². The number of amides is 1. The molecule has 1 saturated carbocycles. The second kappa shape index (κ2) is 14.0. The van der Waals surface area contributed by atoms with Gasteiger partial charge in [0.05, 0.1) is 18.6 Å². The monoisotopic (exact) mass is 595 g/mol. The van der Waals surface area contributed by atoms with Gasteiger partial charge < -0.3 is 24.8 Å². The Bertz CT molecular complexity index is 1150. The van der Waals surface area contributed by atoms with Crippen molar-refractivity contribution in [1.29, 1.82) is 0 Å². The van der Waals surface area contributed by atoms with Crippen LogP contribution in [0.4, 0.5) is 0 Å². The van der Waals surface area contributed by atoms with E-state index >= 15 is 0 Å². The summed E-state index contributed by atoms with van der Waals surface area (Å²) in [6.07, 6.45) is 4.77. The molecule has 0 radical (unpaired) electrons.